The third-order valence-corrected chi connectivity index (χ3v) is 2.91. The fraction of sp³-hybridized carbons (Fsp3) is 0.200. The first-order valence-corrected chi connectivity index (χ1v) is 5.09. The molecule has 3 heteroatoms. The summed E-state index contributed by atoms with van der Waals surface area (Å²) in [5.74, 6) is 0. The van der Waals surface area contributed by atoms with E-state index in [1.165, 1.54) is 0 Å². The Morgan fingerprint density at radius 3 is 2.54 bits per heavy atom. The summed E-state index contributed by atoms with van der Waals surface area (Å²) in [6.45, 7) is 2.09. The zero-order chi connectivity index (χ0) is 9.10. The molecule has 0 fully saturated rings. The quantitative estimate of drug-likeness (QED) is 0.727. The molecule has 0 atom stereocenters. The number of rotatable bonds is 2. The van der Waals surface area contributed by atoms with E-state index in [0.717, 1.165) is 22.0 Å². The van der Waals surface area contributed by atoms with Gasteiger partial charge in [-0.1, -0.05) is 48.6 Å². The smallest absolute Gasteiger partial charge is 0.143 e. The fourth-order valence-electron chi connectivity index (χ4n) is 1.09. The van der Waals surface area contributed by atoms with Crippen LogP contribution >= 0.6 is 11.3 Å². The largest absolute Gasteiger partial charge is 0.147 e. The van der Waals surface area contributed by atoms with Crippen molar-refractivity contribution in [2.45, 2.75) is 13.3 Å². The van der Waals surface area contributed by atoms with Crippen molar-refractivity contribution in [3.05, 3.63) is 35.3 Å². The van der Waals surface area contributed by atoms with Crippen molar-refractivity contribution in [3.63, 3.8) is 0 Å². The number of hydrogen-bond donors (Lipinski definition) is 0. The van der Waals surface area contributed by atoms with Crippen LogP contribution in [0, 0.1) is 0 Å². The molecule has 1 aromatic carbocycles. The molecule has 0 aliphatic heterocycles. The molecule has 1 heterocycles. The predicted octanol–water partition coefficient (Wildman–Crippen LogP) is 2.77. The molecule has 0 bridgehead atoms. The standard InChI is InChI=1S/C10H10N2S/c1-2-9-11-12-10(13-9)8-6-4-3-5-7-8/h3-7H,2H2,1H3. The Morgan fingerprint density at radius 1 is 1.15 bits per heavy atom. The molecule has 2 aromatic rings. The average molecular weight is 190 g/mol. The highest BCUT2D eigenvalue weighted by molar-refractivity contribution is 7.14. The van der Waals surface area contributed by atoms with Crippen molar-refractivity contribution < 1.29 is 0 Å². The van der Waals surface area contributed by atoms with E-state index in [4.69, 9.17) is 0 Å². The summed E-state index contributed by atoms with van der Waals surface area (Å²) in [6.07, 6.45) is 0.963. The van der Waals surface area contributed by atoms with E-state index in [9.17, 15) is 0 Å². The molecular formula is C10H10N2S. The Labute approximate surface area is 81.3 Å². The maximum Gasteiger partial charge on any atom is 0.147 e. The lowest BCUT2D eigenvalue weighted by atomic mass is 10.2. The summed E-state index contributed by atoms with van der Waals surface area (Å²) in [4.78, 5) is 0. The molecule has 0 unspecified atom stereocenters. The highest BCUT2D eigenvalue weighted by Gasteiger charge is 2.03. The number of hydrogen-bond acceptors (Lipinski definition) is 3. The monoisotopic (exact) mass is 190 g/mol. The van der Waals surface area contributed by atoms with Crippen LogP contribution in [0.5, 0.6) is 0 Å². The van der Waals surface area contributed by atoms with Crippen molar-refractivity contribution in [1.29, 1.82) is 0 Å². The second-order valence-corrected chi connectivity index (χ2v) is 3.78. The van der Waals surface area contributed by atoms with Crippen LogP contribution in [0.25, 0.3) is 10.6 Å². The molecule has 13 heavy (non-hydrogen) atoms. The Kier molecular flexibility index (Phi) is 2.36. The number of aryl methyl sites for hydroxylation is 1. The van der Waals surface area contributed by atoms with Gasteiger partial charge in [0, 0.05) is 5.56 Å². The van der Waals surface area contributed by atoms with Gasteiger partial charge in [-0.15, -0.1) is 10.2 Å². The molecule has 0 radical (unpaired) electrons. The SMILES string of the molecule is CCc1nnc(-c2ccccc2)s1. The van der Waals surface area contributed by atoms with E-state index < -0.39 is 0 Å². The minimum absolute atomic E-state index is 0.963. The second kappa shape index (κ2) is 3.66. The first kappa shape index (κ1) is 8.38. The van der Waals surface area contributed by atoms with Crippen LogP contribution in [0.4, 0.5) is 0 Å². The summed E-state index contributed by atoms with van der Waals surface area (Å²) in [5.41, 5.74) is 1.15. The summed E-state index contributed by atoms with van der Waals surface area (Å²) in [7, 11) is 0. The second-order valence-electron chi connectivity index (χ2n) is 2.72. The third-order valence-electron chi connectivity index (χ3n) is 1.79. The van der Waals surface area contributed by atoms with Gasteiger partial charge in [0.15, 0.2) is 0 Å². The van der Waals surface area contributed by atoms with Crippen LogP contribution in [-0.4, -0.2) is 10.2 Å². The highest BCUT2D eigenvalue weighted by atomic mass is 32.1. The van der Waals surface area contributed by atoms with E-state index in [1.807, 2.05) is 18.2 Å². The lowest BCUT2D eigenvalue weighted by molar-refractivity contribution is 0.986. The van der Waals surface area contributed by atoms with Crippen LogP contribution < -0.4 is 0 Å². The van der Waals surface area contributed by atoms with Crippen molar-refractivity contribution in [3.8, 4) is 10.6 Å². The molecular weight excluding hydrogens is 180 g/mol. The van der Waals surface area contributed by atoms with E-state index in [1.54, 1.807) is 11.3 Å². The fourth-order valence-corrected chi connectivity index (χ4v) is 1.88. The van der Waals surface area contributed by atoms with Gasteiger partial charge in [0.2, 0.25) is 0 Å². The topological polar surface area (TPSA) is 25.8 Å². The molecule has 0 aliphatic carbocycles. The lowest BCUT2D eigenvalue weighted by Crippen LogP contribution is -1.76. The number of aromatic nitrogens is 2. The summed E-state index contributed by atoms with van der Waals surface area (Å²) in [5, 5.41) is 10.3. The van der Waals surface area contributed by atoms with Crippen LogP contribution in [0.2, 0.25) is 0 Å². The average Bonchev–Trinajstić information content (AvgIpc) is 2.67. The molecule has 2 rings (SSSR count). The highest BCUT2D eigenvalue weighted by Crippen LogP contribution is 2.22. The third kappa shape index (κ3) is 1.75. The molecule has 1 aromatic heterocycles. The van der Waals surface area contributed by atoms with Gasteiger partial charge in [0.25, 0.3) is 0 Å². The van der Waals surface area contributed by atoms with Gasteiger partial charge in [0.1, 0.15) is 10.0 Å². The molecule has 0 spiro atoms. The first-order valence-electron chi connectivity index (χ1n) is 4.28. The van der Waals surface area contributed by atoms with Crippen LogP contribution in [0.1, 0.15) is 11.9 Å². The Morgan fingerprint density at radius 2 is 1.92 bits per heavy atom. The van der Waals surface area contributed by atoms with Crippen LogP contribution in [0.15, 0.2) is 30.3 Å². The zero-order valence-electron chi connectivity index (χ0n) is 7.40. The Bertz CT molecular complexity index is 381. The first-order chi connectivity index (χ1) is 6.40. The molecule has 0 amide bonds. The lowest BCUT2D eigenvalue weighted by Gasteiger charge is -1.91. The maximum absolute atomic E-state index is 4.13. The summed E-state index contributed by atoms with van der Waals surface area (Å²) >= 11 is 1.66. The molecule has 66 valence electrons. The van der Waals surface area contributed by atoms with Crippen molar-refractivity contribution >= 4 is 11.3 Å². The van der Waals surface area contributed by atoms with Gasteiger partial charge in [-0.2, -0.15) is 0 Å². The van der Waals surface area contributed by atoms with Crippen LogP contribution in [-0.2, 0) is 6.42 Å². The summed E-state index contributed by atoms with van der Waals surface area (Å²) < 4.78 is 0. The van der Waals surface area contributed by atoms with E-state index in [0.29, 0.717) is 0 Å². The van der Waals surface area contributed by atoms with E-state index in [2.05, 4.69) is 29.3 Å². The molecule has 0 aliphatic rings. The molecule has 2 nitrogen and oxygen atoms in total. The van der Waals surface area contributed by atoms with Gasteiger partial charge in [-0.3, -0.25) is 0 Å². The molecule has 0 saturated heterocycles. The van der Waals surface area contributed by atoms with E-state index in [-0.39, 0.29) is 0 Å². The van der Waals surface area contributed by atoms with E-state index >= 15 is 0 Å². The van der Waals surface area contributed by atoms with Gasteiger partial charge in [0.05, 0.1) is 0 Å². The number of benzene rings is 1. The minimum Gasteiger partial charge on any atom is -0.143 e. The van der Waals surface area contributed by atoms with Crippen molar-refractivity contribution in [1.82, 2.24) is 10.2 Å². The maximum atomic E-state index is 4.13. The van der Waals surface area contributed by atoms with Gasteiger partial charge in [-0.25, -0.2) is 0 Å². The van der Waals surface area contributed by atoms with Crippen molar-refractivity contribution in [2.75, 3.05) is 0 Å². The van der Waals surface area contributed by atoms with Gasteiger partial charge >= 0.3 is 0 Å². The molecule has 0 saturated carbocycles. The van der Waals surface area contributed by atoms with Gasteiger partial charge < -0.3 is 0 Å². The zero-order valence-corrected chi connectivity index (χ0v) is 8.21. The number of nitrogens with zero attached hydrogens (tertiary/aromatic N) is 2. The Balaban J connectivity index is 2.36. The minimum atomic E-state index is 0.963. The normalized spacial score (nSPS) is 10.2. The Hall–Kier alpha value is -1.22. The summed E-state index contributed by atoms with van der Waals surface area (Å²) in [6, 6.07) is 10.1. The van der Waals surface area contributed by atoms with Crippen molar-refractivity contribution in [2.24, 2.45) is 0 Å². The molecule has 0 N–H and O–H groups in total. The predicted molar refractivity (Wildman–Crippen MR) is 54.7 cm³/mol. The van der Waals surface area contributed by atoms with Gasteiger partial charge in [-0.05, 0) is 6.42 Å². The van der Waals surface area contributed by atoms with Crippen LogP contribution in [0.3, 0.4) is 0 Å².